The normalized spacial score (nSPS) is 16.3. The van der Waals surface area contributed by atoms with Crippen LogP contribution in [0.3, 0.4) is 0 Å². The minimum absolute atomic E-state index is 0.0208. The number of para-hydroxylation sites is 1. The number of rotatable bonds is 0. The summed E-state index contributed by atoms with van der Waals surface area (Å²) in [5, 5.41) is 3.59. The topological polar surface area (TPSA) is 21.3 Å². The zero-order chi connectivity index (χ0) is 14.3. The van der Waals surface area contributed by atoms with Gasteiger partial charge in [-0.3, -0.25) is 0 Å². The van der Waals surface area contributed by atoms with E-state index in [-0.39, 0.29) is 10.8 Å². The first kappa shape index (κ1) is 14.0. The average Bonchev–Trinajstić information content (AvgIpc) is 2.46. The zero-order valence-corrected chi connectivity index (χ0v) is 12.9. The van der Waals surface area contributed by atoms with Crippen LogP contribution in [-0.4, -0.2) is 0 Å². The molecule has 0 fully saturated rings. The maximum atomic E-state index is 6.28. The third kappa shape index (κ3) is 2.94. The molecule has 0 aliphatic carbocycles. The summed E-state index contributed by atoms with van der Waals surface area (Å²) in [6.07, 6.45) is 0. The van der Waals surface area contributed by atoms with Crippen molar-refractivity contribution in [3.63, 3.8) is 0 Å². The molecule has 0 aromatic heterocycles. The van der Waals surface area contributed by atoms with Gasteiger partial charge in [-0.2, -0.15) is 0 Å². The van der Waals surface area contributed by atoms with Gasteiger partial charge < -0.3 is 10.1 Å². The summed E-state index contributed by atoms with van der Waals surface area (Å²) in [7, 11) is 0. The van der Waals surface area contributed by atoms with Crippen LogP contribution in [0.1, 0.15) is 47.1 Å². The Morgan fingerprint density at radius 3 is 2.16 bits per heavy atom. The number of nitrogens with one attached hydrogen (secondary N) is 1. The molecule has 0 radical (unpaired) electrons. The number of hydrogen-bond acceptors (Lipinski definition) is 2. The lowest BCUT2D eigenvalue weighted by atomic mass is 9.83. The van der Waals surface area contributed by atoms with E-state index in [1.54, 1.807) is 0 Å². The van der Waals surface area contributed by atoms with Crippen LogP contribution >= 0.6 is 0 Å². The summed E-state index contributed by atoms with van der Waals surface area (Å²) < 4.78 is 6.28. The number of fused-ring (bicyclic) bond motifs is 1. The van der Waals surface area contributed by atoms with Crippen LogP contribution in [0.25, 0.3) is 0 Å². The van der Waals surface area contributed by atoms with Gasteiger partial charge in [0.25, 0.3) is 0 Å². The molecule has 0 amide bonds. The molecule has 0 saturated heterocycles. The Hall–Kier alpha value is -1.44. The van der Waals surface area contributed by atoms with E-state index < -0.39 is 0 Å². The Bertz CT molecular complexity index is 501. The Balaban J connectivity index is 2.53. The summed E-state index contributed by atoms with van der Waals surface area (Å²) >= 11 is 0. The Labute approximate surface area is 116 Å². The molecule has 1 aliphatic heterocycles. The number of allylic oxidation sites excluding steroid dienone is 2. The molecule has 19 heavy (non-hydrogen) atoms. The van der Waals surface area contributed by atoms with Crippen LogP contribution in [0.2, 0.25) is 0 Å². The summed E-state index contributed by atoms with van der Waals surface area (Å²) in [5.41, 5.74) is 2.44. The van der Waals surface area contributed by atoms with Gasteiger partial charge in [0.1, 0.15) is 11.5 Å². The molecule has 0 spiro atoms. The average molecular weight is 259 g/mol. The van der Waals surface area contributed by atoms with Crippen LogP contribution in [0, 0.1) is 10.8 Å². The first-order valence-electron chi connectivity index (χ1n) is 6.94. The predicted octanol–water partition coefficient (Wildman–Crippen LogP) is 4.47. The number of benzene rings is 1. The van der Waals surface area contributed by atoms with Crippen molar-refractivity contribution < 1.29 is 4.74 Å². The van der Waals surface area contributed by atoms with E-state index in [0.717, 1.165) is 18.1 Å². The molecule has 1 N–H and O–H groups in total. The van der Waals surface area contributed by atoms with Gasteiger partial charge in [-0.25, -0.2) is 0 Å². The van der Waals surface area contributed by atoms with Crippen LogP contribution in [-0.2, 0) is 6.54 Å². The van der Waals surface area contributed by atoms with E-state index in [1.165, 1.54) is 11.3 Å². The molecule has 104 valence electrons. The highest BCUT2D eigenvalue weighted by molar-refractivity contribution is 5.38. The quantitative estimate of drug-likeness (QED) is 0.742. The molecule has 0 unspecified atom stereocenters. The fourth-order valence-corrected chi connectivity index (χ4v) is 2.31. The van der Waals surface area contributed by atoms with Crippen molar-refractivity contribution in [2.75, 3.05) is 0 Å². The molecule has 0 bridgehead atoms. The van der Waals surface area contributed by atoms with Gasteiger partial charge in [-0.05, 0) is 6.07 Å². The van der Waals surface area contributed by atoms with E-state index in [0.29, 0.717) is 0 Å². The van der Waals surface area contributed by atoms with Gasteiger partial charge in [0.05, 0.1) is 5.70 Å². The van der Waals surface area contributed by atoms with Gasteiger partial charge in [0, 0.05) is 22.9 Å². The second kappa shape index (κ2) is 4.59. The summed E-state index contributed by atoms with van der Waals surface area (Å²) in [6.45, 7) is 14.1. The highest BCUT2D eigenvalue weighted by Gasteiger charge is 2.32. The zero-order valence-electron chi connectivity index (χ0n) is 12.9. The Morgan fingerprint density at radius 1 is 0.947 bits per heavy atom. The summed E-state index contributed by atoms with van der Waals surface area (Å²) in [5.74, 6) is 2.02. The van der Waals surface area contributed by atoms with Crippen LogP contribution < -0.4 is 10.1 Å². The van der Waals surface area contributed by atoms with Gasteiger partial charge in [0.15, 0.2) is 0 Å². The van der Waals surface area contributed by atoms with Crippen molar-refractivity contribution in [1.29, 1.82) is 0 Å². The van der Waals surface area contributed by atoms with Crippen molar-refractivity contribution in [3.05, 3.63) is 41.3 Å². The lowest BCUT2D eigenvalue weighted by molar-refractivity contribution is 0.270. The second-order valence-electron chi connectivity index (χ2n) is 7.27. The molecule has 1 aromatic carbocycles. The van der Waals surface area contributed by atoms with Gasteiger partial charge >= 0.3 is 0 Å². The fraction of sp³-hybridized carbons (Fsp3) is 0.529. The highest BCUT2D eigenvalue weighted by atomic mass is 16.5. The van der Waals surface area contributed by atoms with E-state index in [9.17, 15) is 0 Å². The third-order valence-corrected chi connectivity index (χ3v) is 3.30. The summed E-state index contributed by atoms with van der Waals surface area (Å²) in [4.78, 5) is 0. The van der Waals surface area contributed by atoms with E-state index in [4.69, 9.17) is 4.74 Å². The molecule has 1 aromatic rings. The van der Waals surface area contributed by atoms with Crippen LogP contribution in [0.15, 0.2) is 35.7 Å². The molecule has 0 saturated carbocycles. The molecule has 2 rings (SSSR count). The predicted molar refractivity (Wildman–Crippen MR) is 79.8 cm³/mol. The third-order valence-electron chi connectivity index (χ3n) is 3.30. The molecule has 2 heteroatoms. The molecule has 1 heterocycles. The highest BCUT2D eigenvalue weighted by Crippen LogP contribution is 2.39. The van der Waals surface area contributed by atoms with Gasteiger partial charge in [-0.15, -0.1) is 0 Å². The fourth-order valence-electron chi connectivity index (χ4n) is 2.31. The SMILES string of the molecule is CC(C)(C)C1=C(C(C)(C)C)Oc2ccccc2CN1. The molecule has 1 aliphatic rings. The summed E-state index contributed by atoms with van der Waals surface area (Å²) in [6, 6.07) is 8.26. The lowest BCUT2D eigenvalue weighted by Gasteiger charge is -2.31. The Morgan fingerprint density at radius 2 is 1.58 bits per heavy atom. The minimum atomic E-state index is -0.0208. The second-order valence-corrected chi connectivity index (χ2v) is 7.27. The van der Waals surface area contributed by atoms with Gasteiger partial charge in [0.2, 0.25) is 0 Å². The van der Waals surface area contributed by atoms with Crippen LogP contribution in [0.4, 0.5) is 0 Å². The minimum Gasteiger partial charge on any atom is -0.459 e. The smallest absolute Gasteiger partial charge is 0.132 e. The van der Waals surface area contributed by atoms with E-state index >= 15 is 0 Å². The largest absolute Gasteiger partial charge is 0.459 e. The van der Waals surface area contributed by atoms with Crippen molar-refractivity contribution in [1.82, 2.24) is 5.32 Å². The van der Waals surface area contributed by atoms with Crippen molar-refractivity contribution in [2.24, 2.45) is 10.8 Å². The monoisotopic (exact) mass is 259 g/mol. The molecular weight excluding hydrogens is 234 g/mol. The molecular formula is C17H25NO. The van der Waals surface area contributed by atoms with E-state index in [1.807, 2.05) is 12.1 Å². The van der Waals surface area contributed by atoms with Crippen molar-refractivity contribution >= 4 is 0 Å². The first-order valence-corrected chi connectivity index (χ1v) is 6.94. The first-order chi connectivity index (χ1) is 8.69. The number of hydrogen-bond donors (Lipinski definition) is 1. The molecule has 2 nitrogen and oxygen atoms in total. The maximum absolute atomic E-state index is 6.28. The molecule has 0 atom stereocenters. The van der Waals surface area contributed by atoms with Crippen molar-refractivity contribution in [2.45, 2.75) is 48.1 Å². The van der Waals surface area contributed by atoms with Crippen LogP contribution in [0.5, 0.6) is 5.75 Å². The standard InChI is InChI=1S/C17H25NO/c1-16(2,3)14-15(17(4,5)6)19-13-10-8-7-9-12(13)11-18-14/h7-10,18H,11H2,1-6H3. The van der Waals surface area contributed by atoms with Gasteiger partial charge in [-0.1, -0.05) is 59.7 Å². The van der Waals surface area contributed by atoms with Crippen molar-refractivity contribution in [3.8, 4) is 5.75 Å². The maximum Gasteiger partial charge on any atom is 0.132 e. The number of ether oxygens (including phenoxy) is 1. The van der Waals surface area contributed by atoms with E-state index in [2.05, 4.69) is 59.0 Å². The Kier molecular flexibility index (Phi) is 3.38. The lowest BCUT2D eigenvalue weighted by Crippen LogP contribution is -2.29.